The number of aliphatic hydroxyl groups is 1. The highest BCUT2D eigenvalue weighted by Gasteiger charge is 1.81. The van der Waals surface area contributed by atoms with E-state index in [4.69, 9.17) is 16.6 Å². The molecule has 0 spiro atoms. The molecule has 0 radical (unpaired) electrons. The van der Waals surface area contributed by atoms with Crippen LogP contribution in [0.5, 0.6) is 0 Å². The van der Waals surface area contributed by atoms with Gasteiger partial charge in [0.1, 0.15) is 6.23 Å². The Labute approximate surface area is 30.6 Å². The molecule has 0 saturated carbocycles. The maximum Gasteiger partial charge on any atom is 0.114 e. The van der Waals surface area contributed by atoms with Gasteiger partial charge < -0.3 is 16.6 Å². The monoisotopic (exact) mass is 76.1 g/mol. The van der Waals surface area contributed by atoms with Gasteiger partial charge in [0, 0.05) is 6.54 Å². The van der Waals surface area contributed by atoms with E-state index in [1.54, 1.807) is 0 Å². The van der Waals surface area contributed by atoms with E-state index < -0.39 is 6.23 Å². The zero-order valence-electron chi connectivity index (χ0n) is 2.89. The molecule has 3 heteroatoms. The average Bonchev–Trinajstić information content (AvgIpc) is 1.38. The van der Waals surface area contributed by atoms with Gasteiger partial charge in [-0.25, -0.2) is 0 Å². The Morgan fingerprint density at radius 2 is 2.00 bits per heavy atom. The third kappa shape index (κ3) is 3.88. The third-order valence-electron chi connectivity index (χ3n) is 0.241. The molecular formula is C2H8N2O. The van der Waals surface area contributed by atoms with Gasteiger partial charge in [-0.3, -0.25) is 0 Å². The lowest BCUT2D eigenvalue weighted by Gasteiger charge is -1.91. The summed E-state index contributed by atoms with van der Waals surface area (Å²) in [5.41, 5.74) is 9.52. The molecule has 0 saturated heterocycles. The highest BCUT2D eigenvalue weighted by atomic mass is 16.3. The summed E-state index contributed by atoms with van der Waals surface area (Å²) in [6.07, 6.45) is -0.838. The first-order valence-electron chi connectivity index (χ1n) is 1.41. The topological polar surface area (TPSA) is 72.3 Å². The van der Waals surface area contributed by atoms with Gasteiger partial charge in [0.05, 0.1) is 0 Å². The fourth-order valence-electron chi connectivity index (χ4n) is 0. The molecule has 0 aromatic heterocycles. The van der Waals surface area contributed by atoms with Crippen LogP contribution in [-0.2, 0) is 0 Å². The number of hydrogen-bond acceptors (Lipinski definition) is 3. The molecule has 3 nitrogen and oxygen atoms in total. The molecule has 0 rings (SSSR count). The minimum atomic E-state index is -0.838. The van der Waals surface area contributed by atoms with E-state index in [1.165, 1.54) is 0 Å². The smallest absolute Gasteiger partial charge is 0.114 e. The molecule has 0 heterocycles. The van der Waals surface area contributed by atoms with Gasteiger partial charge in [-0.1, -0.05) is 0 Å². The highest BCUT2D eigenvalue weighted by molar-refractivity contribution is 4.37. The van der Waals surface area contributed by atoms with Crippen LogP contribution in [0.15, 0.2) is 0 Å². The van der Waals surface area contributed by atoms with Crippen molar-refractivity contribution in [2.75, 3.05) is 6.54 Å². The fourth-order valence-corrected chi connectivity index (χ4v) is 0. The number of hydrogen-bond donors (Lipinski definition) is 3. The molecule has 0 bridgehead atoms. The van der Waals surface area contributed by atoms with Crippen LogP contribution >= 0.6 is 0 Å². The van der Waals surface area contributed by atoms with Gasteiger partial charge in [0.25, 0.3) is 0 Å². The van der Waals surface area contributed by atoms with Crippen LogP contribution in [0, 0.1) is 0 Å². The summed E-state index contributed by atoms with van der Waals surface area (Å²) in [6.45, 7) is 0.139. The molecule has 1 atom stereocenters. The first kappa shape index (κ1) is 4.88. The normalized spacial score (nSPS) is 15.0. The summed E-state index contributed by atoms with van der Waals surface area (Å²) in [6, 6.07) is 0. The Hall–Kier alpha value is -0.120. The molecule has 32 valence electrons. The summed E-state index contributed by atoms with van der Waals surface area (Å²) >= 11 is 0. The number of nitrogens with two attached hydrogens (primary N) is 2. The highest BCUT2D eigenvalue weighted by Crippen LogP contribution is 1.51. The summed E-state index contributed by atoms with van der Waals surface area (Å²) < 4.78 is 0. The average molecular weight is 76.1 g/mol. The minimum absolute atomic E-state index is 0.139. The van der Waals surface area contributed by atoms with E-state index in [0.29, 0.717) is 0 Å². The standard InChI is InChI=1S/C2H8N2O/c3-1-2(4)5/h2,5H,1,3-4H2. The number of rotatable bonds is 1. The zero-order chi connectivity index (χ0) is 4.28. The van der Waals surface area contributed by atoms with Crippen molar-refractivity contribution in [3.63, 3.8) is 0 Å². The molecule has 5 N–H and O–H groups in total. The van der Waals surface area contributed by atoms with E-state index in [0.717, 1.165) is 0 Å². The minimum Gasteiger partial charge on any atom is -0.377 e. The van der Waals surface area contributed by atoms with E-state index in [2.05, 4.69) is 0 Å². The summed E-state index contributed by atoms with van der Waals surface area (Å²) in [7, 11) is 0. The second kappa shape index (κ2) is 2.14. The molecule has 0 aromatic carbocycles. The van der Waals surface area contributed by atoms with Gasteiger partial charge in [-0.05, 0) is 0 Å². The Morgan fingerprint density at radius 3 is 2.00 bits per heavy atom. The van der Waals surface area contributed by atoms with Gasteiger partial charge in [-0.2, -0.15) is 0 Å². The Balaban J connectivity index is 2.54. The molecule has 0 aliphatic carbocycles. The van der Waals surface area contributed by atoms with Gasteiger partial charge in [0.15, 0.2) is 0 Å². The zero-order valence-corrected chi connectivity index (χ0v) is 2.89. The van der Waals surface area contributed by atoms with Crippen LogP contribution < -0.4 is 11.5 Å². The second-order valence-electron chi connectivity index (χ2n) is 0.803. The first-order valence-corrected chi connectivity index (χ1v) is 1.41. The largest absolute Gasteiger partial charge is 0.377 e. The van der Waals surface area contributed by atoms with Crippen molar-refractivity contribution >= 4 is 0 Å². The third-order valence-corrected chi connectivity index (χ3v) is 0.241. The quantitative estimate of drug-likeness (QED) is 0.323. The van der Waals surface area contributed by atoms with Crippen molar-refractivity contribution in [3.05, 3.63) is 0 Å². The fraction of sp³-hybridized carbons (Fsp3) is 1.00. The lowest BCUT2D eigenvalue weighted by Crippen LogP contribution is -2.28. The maximum absolute atomic E-state index is 8.01. The predicted molar refractivity (Wildman–Crippen MR) is 19.2 cm³/mol. The van der Waals surface area contributed by atoms with E-state index in [9.17, 15) is 0 Å². The van der Waals surface area contributed by atoms with Crippen LogP contribution in [0.25, 0.3) is 0 Å². The molecular weight excluding hydrogens is 68.0 g/mol. The van der Waals surface area contributed by atoms with Crippen LogP contribution in [0.4, 0.5) is 0 Å². The van der Waals surface area contributed by atoms with Crippen LogP contribution in [0.1, 0.15) is 0 Å². The second-order valence-corrected chi connectivity index (χ2v) is 0.803. The summed E-state index contributed by atoms with van der Waals surface area (Å²) in [5.74, 6) is 0. The van der Waals surface area contributed by atoms with Crippen LogP contribution in [0.2, 0.25) is 0 Å². The van der Waals surface area contributed by atoms with Gasteiger partial charge in [-0.15, -0.1) is 0 Å². The van der Waals surface area contributed by atoms with Crippen LogP contribution in [0.3, 0.4) is 0 Å². The van der Waals surface area contributed by atoms with Crippen molar-refractivity contribution in [1.29, 1.82) is 0 Å². The Bertz CT molecular complexity index is 21.6. The van der Waals surface area contributed by atoms with Crippen molar-refractivity contribution in [2.45, 2.75) is 6.23 Å². The lowest BCUT2D eigenvalue weighted by molar-refractivity contribution is 0.191. The van der Waals surface area contributed by atoms with Crippen molar-refractivity contribution in [2.24, 2.45) is 11.5 Å². The predicted octanol–water partition coefficient (Wildman–Crippen LogP) is -1.78. The molecule has 0 amide bonds. The van der Waals surface area contributed by atoms with E-state index >= 15 is 0 Å². The summed E-state index contributed by atoms with van der Waals surface area (Å²) in [4.78, 5) is 0. The van der Waals surface area contributed by atoms with Crippen molar-refractivity contribution in [1.82, 2.24) is 0 Å². The molecule has 0 fully saturated rings. The maximum atomic E-state index is 8.01. The van der Waals surface area contributed by atoms with E-state index in [1.807, 2.05) is 0 Å². The first-order chi connectivity index (χ1) is 2.27. The van der Waals surface area contributed by atoms with Gasteiger partial charge >= 0.3 is 0 Å². The molecule has 0 aliphatic rings. The van der Waals surface area contributed by atoms with Crippen molar-refractivity contribution < 1.29 is 5.11 Å². The lowest BCUT2D eigenvalue weighted by atomic mass is 10.6. The molecule has 1 unspecified atom stereocenters. The van der Waals surface area contributed by atoms with Crippen LogP contribution in [-0.4, -0.2) is 17.9 Å². The van der Waals surface area contributed by atoms with Crippen molar-refractivity contribution in [3.8, 4) is 0 Å². The van der Waals surface area contributed by atoms with Gasteiger partial charge in [0.2, 0.25) is 0 Å². The SMILES string of the molecule is NCC(N)O. The molecule has 5 heavy (non-hydrogen) atoms. The Kier molecular flexibility index (Phi) is 2.09. The Morgan fingerprint density at radius 1 is 1.80 bits per heavy atom. The number of aliphatic hydroxyl groups excluding tert-OH is 1. The molecule has 0 aromatic rings. The molecule has 0 aliphatic heterocycles. The summed E-state index contributed by atoms with van der Waals surface area (Å²) in [5, 5.41) is 8.01. The van der Waals surface area contributed by atoms with E-state index in [-0.39, 0.29) is 6.54 Å².